The van der Waals surface area contributed by atoms with Crippen LogP contribution in [-0.4, -0.2) is 35.8 Å². The normalized spacial score (nSPS) is 13.6. The van der Waals surface area contributed by atoms with Gasteiger partial charge in [-0.25, -0.2) is 0 Å². The second kappa shape index (κ2) is 6.32. The van der Waals surface area contributed by atoms with Crippen LogP contribution in [0.3, 0.4) is 0 Å². The van der Waals surface area contributed by atoms with E-state index in [4.69, 9.17) is 4.74 Å². The van der Waals surface area contributed by atoms with E-state index in [1.807, 2.05) is 6.92 Å². The third kappa shape index (κ3) is 2.87. The summed E-state index contributed by atoms with van der Waals surface area (Å²) in [5.41, 5.74) is 0.800. The summed E-state index contributed by atoms with van der Waals surface area (Å²) in [5, 5.41) is 0. The van der Waals surface area contributed by atoms with Gasteiger partial charge in [0.05, 0.1) is 24.2 Å². The van der Waals surface area contributed by atoms with E-state index in [0.717, 1.165) is 17.7 Å². The van der Waals surface area contributed by atoms with Crippen LogP contribution in [0.2, 0.25) is 0 Å². The first kappa shape index (κ1) is 14.2. The van der Waals surface area contributed by atoms with Crippen molar-refractivity contribution in [3.63, 3.8) is 0 Å². The van der Waals surface area contributed by atoms with Crippen molar-refractivity contribution in [1.82, 2.24) is 4.90 Å². The van der Waals surface area contributed by atoms with Gasteiger partial charge < -0.3 is 4.74 Å². The monoisotopic (exact) mass is 275 g/mol. The Kier molecular flexibility index (Phi) is 4.50. The molecule has 106 valence electrons. The highest BCUT2D eigenvalue weighted by molar-refractivity contribution is 6.21. The summed E-state index contributed by atoms with van der Waals surface area (Å²) < 4.78 is 5.00. The summed E-state index contributed by atoms with van der Waals surface area (Å²) in [6.45, 7) is 2.46. The second-order valence-electron chi connectivity index (χ2n) is 4.63. The third-order valence-electron chi connectivity index (χ3n) is 3.18. The van der Waals surface area contributed by atoms with Gasteiger partial charge in [-0.3, -0.25) is 19.3 Å². The lowest BCUT2D eigenvalue weighted by Crippen LogP contribution is -2.32. The van der Waals surface area contributed by atoms with Crippen LogP contribution in [0.5, 0.6) is 0 Å². The minimum atomic E-state index is -0.380. The minimum absolute atomic E-state index is 0.0369. The van der Waals surface area contributed by atoms with Crippen LogP contribution in [0, 0.1) is 0 Å². The van der Waals surface area contributed by atoms with Crippen LogP contribution < -0.4 is 0 Å². The maximum atomic E-state index is 12.0. The molecule has 0 saturated heterocycles. The maximum Gasteiger partial charge on any atom is 0.307 e. The molecule has 0 atom stereocenters. The molecule has 0 unspecified atom stereocenters. The number of unbranched alkanes of at least 4 members (excludes halogenated alkanes) is 1. The number of amides is 2. The molecule has 2 rings (SSSR count). The molecule has 1 aliphatic rings. The van der Waals surface area contributed by atoms with E-state index in [-0.39, 0.29) is 30.7 Å². The standard InChI is InChI=1S/C15H17NO4/c1-2-3-10-20-13(17)8-9-16-14(18)11-6-4-5-7-12(11)15(16)19/h4-7H,2-3,8-10H2,1H3. The zero-order valence-corrected chi connectivity index (χ0v) is 11.4. The van der Waals surface area contributed by atoms with Gasteiger partial charge in [0, 0.05) is 6.54 Å². The van der Waals surface area contributed by atoms with E-state index in [9.17, 15) is 14.4 Å². The number of esters is 1. The molecule has 5 nitrogen and oxygen atoms in total. The third-order valence-corrected chi connectivity index (χ3v) is 3.18. The molecule has 0 radical (unpaired) electrons. The molecule has 0 bridgehead atoms. The molecule has 1 aromatic rings. The average molecular weight is 275 g/mol. The molecule has 1 heterocycles. The van der Waals surface area contributed by atoms with Gasteiger partial charge in [0.15, 0.2) is 0 Å². The number of hydrogen-bond donors (Lipinski definition) is 0. The zero-order chi connectivity index (χ0) is 14.5. The minimum Gasteiger partial charge on any atom is -0.466 e. The van der Waals surface area contributed by atoms with E-state index >= 15 is 0 Å². The first-order chi connectivity index (χ1) is 9.65. The highest BCUT2D eigenvalue weighted by Crippen LogP contribution is 2.22. The lowest BCUT2D eigenvalue weighted by Gasteiger charge is -2.13. The summed E-state index contributed by atoms with van der Waals surface area (Å²) in [6.07, 6.45) is 1.81. The van der Waals surface area contributed by atoms with Crippen LogP contribution in [0.1, 0.15) is 46.9 Å². The second-order valence-corrected chi connectivity index (χ2v) is 4.63. The molecule has 1 aromatic carbocycles. The molecule has 0 N–H and O–H groups in total. The largest absolute Gasteiger partial charge is 0.466 e. The Balaban J connectivity index is 1.91. The molecular weight excluding hydrogens is 258 g/mol. The van der Waals surface area contributed by atoms with Gasteiger partial charge in [-0.2, -0.15) is 0 Å². The van der Waals surface area contributed by atoms with Gasteiger partial charge in [0.25, 0.3) is 11.8 Å². The number of benzene rings is 1. The van der Waals surface area contributed by atoms with E-state index in [1.54, 1.807) is 24.3 Å². The smallest absolute Gasteiger partial charge is 0.307 e. The van der Waals surface area contributed by atoms with Crippen molar-refractivity contribution in [2.24, 2.45) is 0 Å². The van der Waals surface area contributed by atoms with Gasteiger partial charge in [-0.1, -0.05) is 25.5 Å². The zero-order valence-electron chi connectivity index (χ0n) is 11.4. The Morgan fingerprint density at radius 1 is 1.15 bits per heavy atom. The number of rotatable bonds is 6. The van der Waals surface area contributed by atoms with Crippen LogP contribution in [-0.2, 0) is 9.53 Å². The Morgan fingerprint density at radius 3 is 2.30 bits per heavy atom. The summed E-state index contributed by atoms with van der Waals surface area (Å²) in [6, 6.07) is 6.67. The van der Waals surface area contributed by atoms with E-state index < -0.39 is 0 Å². The highest BCUT2D eigenvalue weighted by Gasteiger charge is 2.34. The number of hydrogen-bond acceptors (Lipinski definition) is 4. The predicted molar refractivity (Wildman–Crippen MR) is 72.3 cm³/mol. The van der Waals surface area contributed by atoms with Crippen LogP contribution in [0.4, 0.5) is 0 Å². The molecule has 0 fully saturated rings. The Morgan fingerprint density at radius 2 is 1.75 bits per heavy atom. The summed E-state index contributed by atoms with van der Waals surface area (Å²) in [7, 11) is 0. The van der Waals surface area contributed by atoms with Crippen molar-refractivity contribution in [3.8, 4) is 0 Å². The highest BCUT2D eigenvalue weighted by atomic mass is 16.5. The topological polar surface area (TPSA) is 63.7 Å². The lowest BCUT2D eigenvalue weighted by atomic mass is 10.1. The molecule has 1 aliphatic heterocycles. The molecule has 0 aromatic heterocycles. The summed E-state index contributed by atoms with van der Waals surface area (Å²) in [5.74, 6) is -1.06. The Labute approximate surface area is 117 Å². The van der Waals surface area contributed by atoms with Gasteiger partial charge in [0.2, 0.25) is 0 Å². The molecule has 5 heteroatoms. The van der Waals surface area contributed by atoms with Crippen molar-refractivity contribution in [3.05, 3.63) is 35.4 Å². The average Bonchev–Trinajstić information content (AvgIpc) is 2.70. The van der Waals surface area contributed by atoms with Crippen molar-refractivity contribution < 1.29 is 19.1 Å². The van der Waals surface area contributed by atoms with Crippen molar-refractivity contribution in [2.45, 2.75) is 26.2 Å². The van der Waals surface area contributed by atoms with Crippen molar-refractivity contribution in [1.29, 1.82) is 0 Å². The quantitative estimate of drug-likeness (QED) is 0.452. The first-order valence-corrected chi connectivity index (χ1v) is 6.76. The molecule has 0 saturated carbocycles. The summed E-state index contributed by atoms with van der Waals surface area (Å²) in [4.78, 5) is 36.7. The molecule has 2 amide bonds. The van der Waals surface area contributed by atoms with Gasteiger partial charge in [-0.15, -0.1) is 0 Å². The van der Waals surface area contributed by atoms with E-state index in [0.29, 0.717) is 17.7 Å². The summed E-state index contributed by atoms with van der Waals surface area (Å²) >= 11 is 0. The van der Waals surface area contributed by atoms with Gasteiger partial charge in [-0.05, 0) is 18.6 Å². The fourth-order valence-corrected chi connectivity index (χ4v) is 2.05. The van der Waals surface area contributed by atoms with Crippen LogP contribution >= 0.6 is 0 Å². The number of carbonyl (C=O) groups is 3. The SMILES string of the molecule is CCCCOC(=O)CCN1C(=O)c2ccccc2C1=O. The van der Waals surface area contributed by atoms with Crippen molar-refractivity contribution >= 4 is 17.8 Å². The van der Waals surface area contributed by atoms with E-state index in [1.165, 1.54) is 0 Å². The Bertz CT molecular complexity index is 503. The molecule has 0 spiro atoms. The molecule has 0 aliphatic carbocycles. The Hall–Kier alpha value is -2.17. The number of carbonyl (C=O) groups excluding carboxylic acids is 3. The van der Waals surface area contributed by atoms with Crippen molar-refractivity contribution in [2.75, 3.05) is 13.2 Å². The number of fused-ring (bicyclic) bond motifs is 1. The fourth-order valence-electron chi connectivity index (χ4n) is 2.05. The number of imide groups is 1. The lowest BCUT2D eigenvalue weighted by molar-refractivity contribution is -0.143. The maximum absolute atomic E-state index is 12.0. The molecular formula is C15H17NO4. The van der Waals surface area contributed by atoms with Crippen LogP contribution in [0.15, 0.2) is 24.3 Å². The predicted octanol–water partition coefficient (Wildman–Crippen LogP) is 2.02. The van der Waals surface area contributed by atoms with E-state index in [2.05, 4.69) is 0 Å². The first-order valence-electron chi connectivity index (χ1n) is 6.76. The number of nitrogens with zero attached hydrogens (tertiary/aromatic N) is 1. The van der Waals surface area contributed by atoms with Gasteiger partial charge in [0.1, 0.15) is 0 Å². The fraction of sp³-hybridized carbons (Fsp3) is 0.400. The van der Waals surface area contributed by atoms with Gasteiger partial charge >= 0.3 is 5.97 Å². The molecule has 20 heavy (non-hydrogen) atoms. The number of ether oxygens (including phenoxy) is 1. The van der Waals surface area contributed by atoms with Crippen LogP contribution in [0.25, 0.3) is 0 Å².